The van der Waals surface area contributed by atoms with Gasteiger partial charge >= 0.3 is 17.7 Å². The van der Waals surface area contributed by atoms with Gasteiger partial charge in [0.05, 0.1) is 26.0 Å². The molecule has 2 aromatic heterocycles. The van der Waals surface area contributed by atoms with Crippen molar-refractivity contribution in [2.24, 2.45) is 0 Å². The first-order valence-corrected chi connectivity index (χ1v) is 6.99. The summed E-state index contributed by atoms with van der Waals surface area (Å²) in [6.07, 6.45) is -1.10. The van der Waals surface area contributed by atoms with Crippen LogP contribution in [0.3, 0.4) is 0 Å². The number of aliphatic hydroxyl groups is 1. The third-order valence-electron chi connectivity index (χ3n) is 3.76. The zero-order valence-electron chi connectivity index (χ0n) is 12.4. The molecule has 3 rings (SSSR count). The lowest BCUT2D eigenvalue weighted by Gasteiger charge is -2.25. The monoisotopic (exact) mass is 346 g/mol. The van der Waals surface area contributed by atoms with E-state index >= 15 is 0 Å². The van der Waals surface area contributed by atoms with Crippen molar-refractivity contribution in [1.82, 2.24) is 20.2 Å². The normalized spacial score (nSPS) is 17.5. The molecule has 24 heavy (non-hydrogen) atoms. The van der Waals surface area contributed by atoms with Crippen LogP contribution >= 0.6 is 0 Å². The topological polar surface area (TPSA) is 103 Å². The number of aromatic nitrogens is 4. The number of halogens is 3. The van der Waals surface area contributed by atoms with E-state index in [4.69, 9.17) is 4.52 Å². The molecule has 1 fully saturated rings. The van der Waals surface area contributed by atoms with E-state index in [-0.39, 0.29) is 12.5 Å². The van der Waals surface area contributed by atoms with Gasteiger partial charge in [-0.3, -0.25) is 0 Å². The summed E-state index contributed by atoms with van der Waals surface area (Å²) < 4.78 is 49.7. The van der Waals surface area contributed by atoms with Gasteiger partial charge in [0, 0.05) is 11.5 Å². The maximum atomic E-state index is 13.1. The highest BCUT2D eigenvalue weighted by molar-refractivity contribution is 5.81. The van der Waals surface area contributed by atoms with Gasteiger partial charge in [-0.05, 0) is 12.8 Å². The van der Waals surface area contributed by atoms with Crippen molar-refractivity contribution in [1.29, 1.82) is 0 Å². The molecule has 1 aliphatic rings. The molecule has 1 atom stereocenters. The molecule has 2 aromatic rings. The Morgan fingerprint density at radius 1 is 1.50 bits per heavy atom. The largest absolute Gasteiger partial charge is 0.466 e. The standard InChI is InChI=1S/C13H13F3N4O4/c1-23-11(21)12(22,13(14,15)16)9-6-20(19-18-9)5-8-4-17-24-10(8)7-2-3-7/h4,6-7,22H,2-3,5H2,1H3. The Bertz CT molecular complexity index is 752. The number of methoxy groups -OCH3 is 1. The predicted octanol–water partition coefficient (Wildman–Crippen LogP) is 1.11. The number of carbonyl (C=O) groups is 1. The van der Waals surface area contributed by atoms with Crippen LogP contribution in [0.2, 0.25) is 0 Å². The Balaban J connectivity index is 1.88. The van der Waals surface area contributed by atoms with E-state index in [2.05, 4.69) is 20.2 Å². The SMILES string of the molecule is COC(=O)C(O)(c1cn(Cc2cnoc2C2CC2)nn1)C(F)(F)F. The molecular formula is C13H13F3N4O4. The zero-order valence-corrected chi connectivity index (χ0v) is 12.4. The highest BCUT2D eigenvalue weighted by atomic mass is 19.4. The van der Waals surface area contributed by atoms with Gasteiger partial charge in [0.25, 0.3) is 0 Å². The molecule has 1 saturated carbocycles. The van der Waals surface area contributed by atoms with Gasteiger partial charge in [-0.25, -0.2) is 9.48 Å². The average Bonchev–Trinajstić information content (AvgIpc) is 3.08. The molecule has 0 aromatic carbocycles. The fourth-order valence-electron chi connectivity index (χ4n) is 2.30. The highest BCUT2D eigenvalue weighted by Gasteiger charge is 2.64. The molecule has 1 N–H and O–H groups in total. The first-order chi connectivity index (χ1) is 11.3. The van der Waals surface area contributed by atoms with E-state index in [1.54, 1.807) is 0 Å². The number of ether oxygens (including phenoxy) is 1. The molecule has 130 valence electrons. The Kier molecular flexibility index (Phi) is 3.82. The molecular weight excluding hydrogens is 333 g/mol. The second-order valence-electron chi connectivity index (χ2n) is 5.49. The van der Waals surface area contributed by atoms with Crippen molar-refractivity contribution in [2.45, 2.75) is 37.1 Å². The van der Waals surface area contributed by atoms with Crippen LogP contribution in [0.4, 0.5) is 13.2 Å². The lowest BCUT2D eigenvalue weighted by molar-refractivity contribution is -0.268. The summed E-state index contributed by atoms with van der Waals surface area (Å²) in [6, 6.07) is 0. The Hall–Kier alpha value is -2.43. The molecule has 0 bridgehead atoms. The van der Waals surface area contributed by atoms with Crippen molar-refractivity contribution in [3.05, 3.63) is 29.4 Å². The van der Waals surface area contributed by atoms with Gasteiger partial charge in [0.15, 0.2) is 0 Å². The number of rotatable bonds is 5. The Labute approximate surface area is 133 Å². The molecule has 0 spiro atoms. The second-order valence-corrected chi connectivity index (χ2v) is 5.49. The minimum absolute atomic E-state index is 0.0530. The summed E-state index contributed by atoms with van der Waals surface area (Å²) in [5.41, 5.74) is -4.19. The van der Waals surface area contributed by atoms with Gasteiger partial charge in [-0.15, -0.1) is 5.10 Å². The van der Waals surface area contributed by atoms with Crippen molar-refractivity contribution in [2.75, 3.05) is 7.11 Å². The van der Waals surface area contributed by atoms with Crippen molar-refractivity contribution >= 4 is 5.97 Å². The quantitative estimate of drug-likeness (QED) is 0.809. The van der Waals surface area contributed by atoms with Gasteiger partial charge in [0.2, 0.25) is 0 Å². The van der Waals surface area contributed by atoms with Crippen LogP contribution in [0.25, 0.3) is 0 Å². The van der Waals surface area contributed by atoms with E-state index < -0.39 is 23.4 Å². The van der Waals surface area contributed by atoms with E-state index in [1.165, 1.54) is 6.20 Å². The van der Waals surface area contributed by atoms with Crippen LogP contribution in [0.5, 0.6) is 0 Å². The molecule has 0 amide bonds. The number of alkyl halides is 3. The fourth-order valence-corrected chi connectivity index (χ4v) is 2.30. The number of hydrogen-bond acceptors (Lipinski definition) is 7. The predicted molar refractivity (Wildman–Crippen MR) is 69.6 cm³/mol. The third kappa shape index (κ3) is 2.64. The maximum Gasteiger partial charge on any atom is 0.434 e. The average molecular weight is 346 g/mol. The lowest BCUT2D eigenvalue weighted by Crippen LogP contribution is -2.50. The van der Waals surface area contributed by atoms with Crippen LogP contribution in [0, 0.1) is 0 Å². The maximum absolute atomic E-state index is 13.1. The Morgan fingerprint density at radius 3 is 2.79 bits per heavy atom. The van der Waals surface area contributed by atoms with E-state index in [1.807, 2.05) is 0 Å². The van der Waals surface area contributed by atoms with Crippen LogP contribution in [-0.2, 0) is 21.7 Å². The molecule has 11 heteroatoms. The fraction of sp³-hybridized carbons (Fsp3) is 0.538. The summed E-state index contributed by atoms with van der Waals surface area (Å²) in [5.74, 6) is -0.968. The summed E-state index contributed by atoms with van der Waals surface area (Å²) >= 11 is 0. The molecule has 0 saturated heterocycles. The second kappa shape index (κ2) is 5.58. The number of carbonyl (C=O) groups excluding carboxylic acids is 1. The van der Waals surface area contributed by atoms with Crippen LogP contribution < -0.4 is 0 Å². The van der Waals surface area contributed by atoms with Crippen LogP contribution in [0.15, 0.2) is 16.9 Å². The summed E-state index contributed by atoms with van der Waals surface area (Å²) in [4.78, 5) is 11.5. The summed E-state index contributed by atoms with van der Waals surface area (Å²) in [6.45, 7) is 0.0530. The smallest absolute Gasteiger partial charge is 0.434 e. The van der Waals surface area contributed by atoms with Crippen LogP contribution in [-0.4, -0.2) is 44.5 Å². The molecule has 0 aliphatic heterocycles. The zero-order chi connectivity index (χ0) is 17.5. The lowest BCUT2D eigenvalue weighted by atomic mass is 10.00. The molecule has 1 unspecified atom stereocenters. The number of hydrogen-bond donors (Lipinski definition) is 1. The number of esters is 1. The van der Waals surface area contributed by atoms with Gasteiger partial charge in [-0.2, -0.15) is 13.2 Å². The molecule has 2 heterocycles. The van der Waals surface area contributed by atoms with Gasteiger partial charge in [0.1, 0.15) is 11.5 Å². The van der Waals surface area contributed by atoms with Gasteiger partial charge in [-0.1, -0.05) is 10.4 Å². The van der Waals surface area contributed by atoms with Crippen molar-refractivity contribution < 1.29 is 32.3 Å². The third-order valence-corrected chi connectivity index (χ3v) is 3.76. The highest BCUT2D eigenvalue weighted by Crippen LogP contribution is 2.42. The van der Waals surface area contributed by atoms with E-state index in [0.29, 0.717) is 11.3 Å². The first-order valence-electron chi connectivity index (χ1n) is 6.99. The summed E-state index contributed by atoms with van der Waals surface area (Å²) in [5, 5.41) is 20.3. The first kappa shape index (κ1) is 16.4. The molecule has 0 radical (unpaired) electrons. The summed E-state index contributed by atoms with van der Waals surface area (Å²) in [7, 11) is 0.739. The molecule has 1 aliphatic carbocycles. The minimum atomic E-state index is -5.31. The van der Waals surface area contributed by atoms with E-state index in [0.717, 1.165) is 30.8 Å². The minimum Gasteiger partial charge on any atom is -0.466 e. The van der Waals surface area contributed by atoms with Gasteiger partial charge < -0.3 is 14.4 Å². The Morgan fingerprint density at radius 2 is 2.21 bits per heavy atom. The van der Waals surface area contributed by atoms with Crippen LogP contribution in [0.1, 0.15) is 35.8 Å². The van der Waals surface area contributed by atoms with Crippen molar-refractivity contribution in [3.8, 4) is 0 Å². The van der Waals surface area contributed by atoms with Crippen molar-refractivity contribution in [3.63, 3.8) is 0 Å². The molecule has 8 nitrogen and oxygen atoms in total. The van der Waals surface area contributed by atoms with E-state index in [9.17, 15) is 23.1 Å². The number of nitrogens with zero attached hydrogens (tertiary/aromatic N) is 4.